The van der Waals surface area contributed by atoms with Crippen LogP contribution in [0.15, 0.2) is 71.3 Å². The second kappa shape index (κ2) is 7.60. The number of hydrogen-bond acceptors (Lipinski definition) is 5. The Morgan fingerprint density at radius 3 is 2.74 bits per heavy atom. The van der Waals surface area contributed by atoms with Gasteiger partial charge in [-0.2, -0.15) is 4.52 Å². The molecule has 0 aliphatic carbocycles. The van der Waals surface area contributed by atoms with E-state index < -0.39 is 0 Å². The van der Waals surface area contributed by atoms with Crippen LogP contribution in [0.25, 0.3) is 27.9 Å². The van der Waals surface area contributed by atoms with Gasteiger partial charge in [-0.05, 0) is 47.5 Å². The van der Waals surface area contributed by atoms with Gasteiger partial charge in [0.15, 0.2) is 0 Å². The van der Waals surface area contributed by atoms with Crippen molar-refractivity contribution in [2.75, 3.05) is 7.11 Å². The van der Waals surface area contributed by atoms with Gasteiger partial charge in [0.2, 0.25) is 11.6 Å². The molecular formula is C24H20N4O3. The normalized spacial score (nSPS) is 11.2. The summed E-state index contributed by atoms with van der Waals surface area (Å²) in [4.78, 5) is 16.9. The number of methoxy groups -OCH3 is 1. The number of carbonyl (C=O) groups is 1. The highest BCUT2D eigenvalue weighted by Crippen LogP contribution is 2.31. The number of benzene rings is 3. The third kappa shape index (κ3) is 3.50. The molecular weight excluding hydrogens is 392 g/mol. The molecule has 0 atom stereocenters. The Kier molecular flexibility index (Phi) is 4.63. The van der Waals surface area contributed by atoms with Crippen molar-refractivity contribution in [1.82, 2.24) is 19.9 Å². The van der Waals surface area contributed by atoms with Crippen LogP contribution in [0, 0.1) is 6.92 Å². The number of nitrogens with zero attached hydrogens (tertiary/aromatic N) is 3. The Morgan fingerprint density at radius 1 is 1.10 bits per heavy atom. The van der Waals surface area contributed by atoms with Crippen LogP contribution >= 0.6 is 0 Å². The molecule has 0 radical (unpaired) electrons. The first-order valence-corrected chi connectivity index (χ1v) is 9.88. The fourth-order valence-electron chi connectivity index (χ4n) is 3.57. The van der Waals surface area contributed by atoms with Crippen molar-refractivity contribution in [3.05, 3.63) is 83.8 Å². The molecule has 0 saturated heterocycles. The average Bonchev–Trinajstić information content (AvgIpc) is 3.38. The molecule has 0 bridgehead atoms. The molecule has 154 valence electrons. The lowest BCUT2D eigenvalue weighted by molar-refractivity contribution is 0.0950. The monoisotopic (exact) mass is 412 g/mol. The summed E-state index contributed by atoms with van der Waals surface area (Å²) in [7, 11) is 1.55. The summed E-state index contributed by atoms with van der Waals surface area (Å²) in [6, 6.07) is 19.5. The van der Waals surface area contributed by atoms with Crippen molar-refractivity contribution >= 4 is 22.4 Å². The van der Waals surface area contributed by atoms with E-state index in [0.717, 1.165) is 16.8 Å². The second-order valence-corrected chi connectivity index (χ2v) is 7.24. The molecule has 2 aromatic heterocycles. The molecule has 0 saturated carbocycles. The van der Waals surface area contributed by atoms with Crippen LogP contribution in [0.4, 0.5) is 0 Å². The Labute approximate surface area is 178 Å². The van der Waals surface area contributed by atoms with Crippen LogP contribution in [-0.4, -0.2) is 27.6 Å². The second-order valence-electron chi connectivity index (χ2n) is 7.24. The Balaban J connectivity index is 1.36. The Morgan fingerprint density at radius 2 is 1.94 bits per heavy atom. The fraction of sp³-hybridized carbons (Fsp3) is 0.125. The first-order valence-electron chi connectivity index (χ1n) is 9.88. The summed E-state index contributed by atoms with van der Waals surface area (Å²) in [6.45, 7) is 2.28. The number of imidazole rings is 1. The third-order valence-corrected chi connectivity index (χ3v) is 5.23. The number of hydrogen-bond donors (Lipinski definition) is 1. The molecule has 5 aromatic rings. The highest BCUT2D eigenvalue weighted by molar-refractivity contribution is 5.95. The summed E-state index contributed by atoms with van der Waals surface area (Å²) in [5.74, 6) is 1.46. The van der Waals surface area contributed by atoms with Crippen molar-refractivity contribution in [3.8, 4) is 17.2 Å². The van der Waals surface area contributed by atoms with Crippen molar-refractivity contribution in [2.24, 2.45) is 0 Å². The highest BCUT2D eigenvalue weighted by Gasteiger charge is 2.17. The lowest BCUT2D eigenvalue weighted by Crippen LogP contribution is -2.22. The molecule has 0 aliphatic rings. The number of fused-ring (bicyclic) bond motifs is 2. The van der Waals surface area contributed by atoms with Crippen LogP contribution in [0.2, 0.25) is 0 Å². The van der Waals surface area contributed by atoms with E-state index in [0.29, 0.717) is 35.0 Å². The van der Waals surface area contributed by atoms with Gasteiger partial charge in [-0.3, -0.25) is 4.79 Å². The third-order valence-electron chi connectivity index (χ3n) is 5.23. The van der Waals surface area contributed by atoms with Gasteiger partial charge in [-0.15, -0.1) is 5.10 Å². The zero-order chi connectivity index (χ0) is 21.4. The maximum absolute atomic E-state index is 12.7. The number of aromatic nitrogens is 3. The van der Waals surface area contributed by atoms with E-state index in [1.54, 1.807) is 36.0 Å². The van der Waals surface area contributed by atoms with E-state index in [2.05, 4.69) is 39.7 Å². The van der Waals surface area contributed by atoms with Gasteiger partial charge >= 0.3 is 0 Å². The van der Waals surface area contributed by atoms with E-state index in [1.807, 2.05) is 25.1 Å². The number of carbonyl (C=O) groups excluding carboxylic acids is 1. The Hall–Kier alpha value is -4.13. The van der Waals surface area contributed by atoms with Crippen LogP contribution in [0.5, 0.6) is 5.75 Å². The van der Waals surface area contributed by atoms with Crippen molar-refractivity contribution in [1.29, 1.82) is 0 Å². The van der Waals surface area contributed by atoms with E-state index in [9.17, 15) is 4.79 Å². The standard InChI is InChI=1S/C24H20N4O3/c1-15-25-14-22-28(15)27-24(31-22)20-10-9-19(12-21(20)30-2)23(29)26-13-16-7-8-17-5-3-4-6-18(17)11-16/h3-12,14H,13H2,1-2H3,(H,26,29). The predicted octanol–water partition coefficient (Wildman–Crippen LogP) is 4.39. The molecule has 31 heavy (non-hydrogen) atoms. The van der Waals surface area contributed by atoms with Crippen LogP contribution in [0.1, 0.15) is 21.7 Å². The first kappa shape index (κ1) is 18.9. The number of aryl methyl sites for hydroxylation is 1. The van der Waals surface area contributed by atoms with Crippen LogP contribution < -0.4 is 10.1 Å². The van der Waals surface area contributed by atoms with E-state index in [4.69, 9.17) is 9.15 Å². The van der Waals surface area contributed by atoms with Gasteiger partial charge in [0.1, 0.15) is 11.6 Å². The smallest absolute Gasteiger partial charge is 0.251 e. The largest absolute Gasteiger partial charge is 0.496 e. The van der Waals surface area contributed by atoms with Gasteiger partial charge in [-0.1, -0.05) is 36.4 Å². The van der Waals surface area contributed by atoms with Crippen molar-refractivity contribution in [2.45, 2.75) is 13.5 Å². The minimum atomic E-state index is -0.182. The molecule has 1 amide bonds. The summed E-state index contributed by atoms with van der Waals surface area (Å²) in [5, 5.41) is 9.72. The van der Waals surface area contributed by atoms with Gasteiger partial charge in [0.25, 0.3) is 5.91 Å². The van der Waals surface area contributed by atoms with Gasteiger partial charge in [0, 0.05) is 12.1 Å². The summed E-state index contributed by atoms with van der Waals surface area (Å²) >= 11 is 0. The molecule has 2 heterocycles. The van der Waals surface area contributed by atoms with E-state index in [1.165, 1.54) is 5.39 Å². The molecule has 7 heteroatoms. The topological polar surface area (TPSA) is 81.7 Å². The van der Waals surface area contributed by atoms with E-state index >= 15 is 0 Å². The maximum Gasteiger partial charge on any atom is 0.251 e. The molecule has 0 unspecified atom stereocenters. The maximum atomic E-state index is 12.7. The SMILES string of the molecule is COc1cc(C(=O)NCc2ccc3ccccc3c2)ccc1-c1nn2c(C)ncc2o1. The number of nitrogens with one attached hydrogen (secondary N) is 1. The molecule has 0 aliphatic heterocycles. The lowest BCUT2D eigenvalue weighted by Gasteiger charge is -2.10. The zero-order valence-corrected chi connectivity index (χ0v) is 17.1. The van der Waals surface area contributed by atoms with E-state index in [-0.39, 0.29) is 5.91 Å². The molecule has 0 spiro atoms. The lowest BCUT2D eigenvalue weighted by atomic mass is 10.1. The quantitative estimate of drug-likeness (QED) is 0.463. The molecule has 3 aromatic carbocycles. The first-order chi connectivity index (χ1) is 15.1. The van der Waals surface area contributed by atoms with Gasteiger partial charge in [-0.25, -0.2) is 4.98 Å². The summed E-state index contributed by atoms with van der Waals surface area (Å²) in [5.41, 5.74) is 2.75. The number of rotatable bonds is 5. The summed E-state index contributed by atoms with van der Waals surface area (Å²) in [6.07, 6.45) is 1.62. The number of ether oxygens (including phenoxy) is 1. The predicted molar refractivity (Wildman–Crippen MR) is 117 cm³/mol. The van der Waals surface area contributed by atoms with Gasteiger partial charge in [0.05, 0.1) is 18.9 Å². The zero-order valence-electron chi connectivity index (χ0n) is 17.1. The minimum absolute atomic E-state index is 0.182. The summed E-state index contributed by atoms with van der Waals surface area (Å²) < 4.78 is 12.9. The number of amides is 1. The molecule has 7 nitrogen and oxygen atoms in total. The molecule has 5 rings (SSSR count). The van der Waals surface area contributed by atoms with Crippen LogP contribution in [-0.2, 0) is 6.54 Å². The fourth-order valence-corrected chi connectivity index (χ4v) is 3.57. The highest BCUT2D eigenvalue weighted by atomic mass is 16.5. The minimum Gasteiger partial charge on any atom is -0.496 e. The van der Waals surface area contributed by atoms with Crippen molar-refractivity contribution < 1.29 is 13.9 Å². The van der Waals surface area contributed by atoms with Crippen LogP contribution in [0.3, 0.4) is 0 Å². The average molecular weight is 412 g/mol. The molecule has 1 N–H and O–H groups in total. The molecule has 0 fully saturated rings. The Bertz CT molecular complexity index is 1420. The van der Waals surface area contributed by atoms with Gasteiger partial charge < -0.3 is 14.5 Å². The van der Waals surface area contributed by atoms with Crippen molar-refractivity contribution in [3.63, 3.8) is 0 Å².